The zero-order valence-electron chi connectivity index (χ0n) is 11.5. The highest BCUT2D eigenvalue weighted by atomic mass is 19.4. The van der Waals surface area contributed by atoms with Gasteiger partial charge in [-0.25, -0.2) is 4.79 Å². The van der Waals surface area contributed by atoms with Crippen LogP contribution in [0.5, 0.6) is 0 Å². The van der Waals surface area contributed by atoms with Crippen LogP contribution in [0, 0.1) is 0 Å². The molecule has 0 saturated heterocycles. The summed E-state index contributed by atoms with van der Waals surface area (Å²) in [5.41, 5.74) is -0.141. The molecule has 0 unspecified atom stereocenters. The highest BCUT2D eigenvalue weighted by Crippen LogP contribution is 2.26. The van der Waals surface area contributed by atoms with Crippen LogP contribution in [-0.4, -0.2) is 24.7 Å². The number of allylic oxidation sites excluding steroid dienone is 1. The average Bonchev–Trinajstić information content (AvgIpc) is 2.15. The summed E-state index contributed by atoms with van der Waals surface area (Å²) in [5.74, 6) is 0.434. The third-order valence-corrected chi connectivity index (χ3v) is 2.77. The Bertz CT molecular complexity index is 351. The molecule has 0 atom stereocenters. The van der Waals surface area contributed by atoms with E-state index < -0.39 is 18.7 Å². The molecular weight excluding hydrogens is 258 g/mol. The van der Waals surface area contributed by atoms with Crippen LogP contribution < -0.4 is 5.32 Å². The summed E-state index contributed by atoms with van der Waals surface area (Å²) in [7, 11) is 0. The van der Waals surface area contributed by atoms with Crippen molar-refractivity contribution in [1.82, 2.24) is 5.32 Å². The number of rotatable bonds is 2. The Morgan fingerprint density at radius 1 is 1.32 bits per heavy atom. The van der Waals surface area contributed by atoms with E-state index in [0.717, 1.165) is 0 Å². The number of ether oxygens (including phenoxy) is 1. The summed E-state index contributed by atoms with van der Waals surface area (Å²) in [6, 6.07) is -0.104. The zero-order chi connectivity index (χ0) is 14.7. The maximum absolute atomic E-state index is 12.2. The summed E-state index contributed by atoms with van der Waals surface area (Å²) < 4.78 is 41.8. The predicted molar refractivity (Wildman–Crippen MR) is 68.8 cm³/mol. The summed E-state index contributed by atoms with van der Waals surface area (Å²) in [5, 5.41) is 2.69. The first-order chi connectivity index (χ1) is 8.55. The fraction of sp³-hybridized carbons (Fsp3) is 0.750. The molecule has 1 N–H and O–H groups in total. The molecule has 0 bridgehead atoms. The molecule has 1 fully saturated rings. The van der Waals surface area contributed by atoms with Crippen molar-refractivity contribution in [3.8, 4) is 0 Å². The normalized spacial score (nSPS) is 20.9. The first-order valence-corrected chi connectivity index (χ1v) is 6.45. The number of carbonyl (C=O) groups is 1. The van der Waals surface area contributed by atoms with E-state index in [1.54, 1.807) is 20.8 Å². The number of carbonyl (C=O) groups excluding carboxylic acids is 1. The summed E-state index contributed by atoms with van der Waals surface area (Å²) >= 11 is 0. The van der Waals surface area contributed by atoms with Crippen molar-refractivity contribution in [3.05, 3.63) is 11.5 Å². The minimum absolute atomic E-state index is 0.104. The second-order valence-electron chi connectivity index (χ2n) is 5.87. The van der Waals surface area contributed by atoms with Crippen LogP contribution in [-0.2, 0) is 4.74 Å². The van der Waals surface area contributed by atoms with Gasteiger partial charge in [0.25, 0.3) is 0 Å². The first kappa shape index (κ1) is 15.9. The van der Waals surface area contributed by atoms with Crippen molar-refractivity contribution < 1.29 is 22.5 Å². The Morgan fingerprint density at radius 3 is 2.26 bits per heavy atom. The third kappa shape index (κ3) is 7.13. The molecule has 1 aliphatic carbocycles. The molecule has 0 aromatic rings. The van der Waals surface area contributed by atoms with Gasteiger partial charge in [0, 0.05) is 6.04 Å². The van der Waals surface area contributed by atoms with Crippen LogP contribution in [0.25, 0.3) is 0 Å². The van der Waals surface area contributed by atoms with Gasteiger partial charge in [0.2, 0.25) is 0 Å². The van der Waals surface area contributed by atoms with Crippen LogP contribution in [0.1, 0.15) is 46.5 Å². The fourth-order valence-electron chi connectivity index (χ4n) is 2.04. The van der Waals surface area contributed by atoms with E-state index in [4.69, 9.17) is 4.74 Å². The maximum atomic E-state index is 12.2. The van der Waals surface area contributed by atoms with Crippen molar-refractivity contribution in [2.75, 3.05) is 0 Å². The number of halogens is 3. The summed E-state index contributed by atoms with van der Waals surface area (Å²) in [6.45, 7) is 0.432. The monoisotopic (exact) mass is 278 g/mol. The molecule has 1 saturated carbocycles. The van der Waals surface area contributed by atoms with Gasteiger partial charge in [0.05, 0.1) is 0 Å². The minimum Gasteiger partial charge on any atom is -0.445 e. The molecule has 1 aliphatic rings. The lowest BCUT2D eigenvalue weighted by Crippen LogP contribution is -2.40. The van der Waals surface area contributed by atoms with Crippen molar-refractivity contribution in [2.24, 2.45) is 0 Å². The van der Waals surface area contributed by atoms with Gasteiger partial charge >= 0.3 is 13.1 Å². The van der Waals surface area contributed by atoms with E-state index in [1.807, 2.05) is 0 Å². The molecule has 0 aromatic heterocycles. The Morgan fingerprint density at radius 2 is 1.84 bits per heavy atom. The zero-order valence-corrected chi connectivity index (χ0v) is 11.5. The van der Waals surface area contributed by atoms with Gasteiger partial charge in [0.1, 0.15) is 5.60 Å². The van der Waals surface area contributed by atoms with Crippen LogP contribution in [0.2, 0.25) is 0 Å². The van der Waals surface area contributed by atoms with E-state index in [1.165, 1.54) is 0 Å². The van der Waals surface area contributed by atoms with Gasteiger partial charge < -0.3 is 23.0 Å². The van der Waals surface area contributed by atoms with Gasteiger partial charge in [-0.05, 0) is 46.5 Å². The quantitative estimate of drug-likeness (QED) is 0.781. The van der Waals surface area contributed by atoms with Gasteiger partial charge in [-0.3, -0.25) is 0 Å². The fourth-order valence-corrected chi connectivity index (χ4v) is 2.04. The molecule has 0 radical (unpaired) electrons. The van der Waals surface area contributed by atoms with E-state index >= 15 is 0 Å². The largest absolute Gasteiger partial charge is 0.502 e. The minimum atomic E-state index is -4.86. The van der Waals surface area contributed by atoms with Crippen molar-refractivity contribution in [3.63, 3.8) is 0 Å². The standard InChI is InChI=1S/C12H20BF3NO2/c1-12(2,3)19-11(18)17-10-6-4-9(5-7-10)8-13(14,15)16/h8,10H,4-7H2,1-3H3,(H,17,18)/q-1. The molecule has 0 aliphatic heterocycles. The van der Waals surface area contributed by atoms with E-state index in [9.17, 15) is 17.7 Å². The number of hydrogen-bond donors (Lipinski definition) is 1. The van der Waals surface area contributed by atoms with Crippen LogP contribution >= 0.6 is 0 Å². The topological polar surface area (TPSA) is 38.3 Å². The van der Waals surface area contributed by atoms with Crippen LogP contribution in [0.3, 0.4) is 0 Å². The number of nitrogens with one attached hydrogen (secondary N) is 1. The van der Waals surface area contributed by atoms with E-state index in [0.29, 0.717) is 37.2 Å². The first-order valence-electron chi connectivity index (χ1n) is 6.45. The molecule has 19 heavy (non-hydrogen) atoms. The van der Waals surface area contributed by atoms with Crippen molar-refractivity contribution in [2.45, 2.75) is 58.1 Å². The number of hydrogen-bond acceptors (Lipinski definition) is 2. The molecule has 1 amide bonds. The molecular formula is C12H20BF3NO2-. The maximum Gasteiger partial charge on any atom is 0.502 e. The van der Waals surface area contributed by atoms with Crippen LogP contribution in [0.15, 0.2) is 11.5 Å². The van der Waals surface area contributed by atoms with E-state index in [2.05, 4.69) is 5.32 Å². The Hall–Kier alpha value is -1.14. The Balaban J connectivity index is 2.39. The Labute approximate surface area is 111 Å². The molecule has 0 heterocycles. The number of alkyl carbamates (subject to hydrolysis) is 1. The summed E-state index contributed by atoms with van der Waals surface area (Å²) in [4.78, 5) is 11.5. The van der Waals surface area contributed by atoms with Gasteiger partial charge in [-0.2, -0.15) is 0 Å². The molecule has 110 valence electrons. The average molecular weight is 278 g/mol. The predicted octanol–water partition coefficient (Wildman–Crippen LogP) is 3.77. The molecule has 0 spiro atoms. The smallest absolute Gasteiger partial charge is 0.445 e. The highest BCUT2D eigenvalue weighted by molar-refractivity contribution is 6.64. The lowest BCUT2D eigenvalue weighted by Gasteiger charge is -2.28. The van der Waals surface area contributed by atoms with Gasteiger partial charge in [-0.1, -0.05) is 0 Å². The molecule has 1 rings (SSSR count). The van der Waals surface area contributed by atoms with E-state index in [-0.39, 0.29) is 6.04 Å². The van der Waals surface area contributed by atoms with Gasteiger partial charge in [-0.15, -0.1) is 11.5 Å². The number of amides is 1. The summed E-state index contributed by atoms with van der Waals surface area (Å²) in [6.07, 6.45) is 1.29. The lowest BCUT2D eigenvalue weighted by atomic mass is 9.81. The molecule has 0 aromatic carbocycles. The highest BCUT2D eigenvalue weighted by Gasteiger charge is 2.25. The molecule has 7 heteroatoms. The lowest BCUT2D eigenvalue weighted by molar-refractivity contribution is 0.0496. The van der Waals surface area contributed by atoms with Crippen molar-refractivity contribution in [1.29, 1.82) is 0 Å². The Kier molecular flexibility index (Phi) is 4.93. The van der Waals surface area contributed by atoms with Crippen molar-refractivity contribution >= 4 is 13.1 Å². The second-order valence-corrected chi connectivity index (χ2v) is 5.87. The SMILES string of the molecule is CC(C)(C)OC(=O)NC1CCC(=C[B-](F)(F)F)CC1. The molecule has 3 nitrogen and oxygen atoms in total. The second kappa shape index (κ2) is 5.88. The third-order valence-electron chi connectivity index (χ3n) is 2.77. The van der Waals surface area contributed by atoms with Crippen LogP contribution in [0.4, 0.5) is 17.7 Å². The van der Waals surface area contributed by atoms with Gasteiger partial charge in [0.15, 0.2) is 0 Å².